The fourth-order valence-corrected chi connectivity index (χ4v) is 5.64. The number of carbonyl (C=O) groups excluding carboxylic acids is 1. The van der Waals surface area contributed by atoms with E-state index >= 15 is 0 Å². The Morgan fingerprint density at radius 3 is 2.23 bits per heavy atom. The van der Waals surface area contributed by atoms with Crippen molar-refractivity contribution in [1.29, 1.82) is 0 Å². The van der Waals surface area contributed by atoms with Crippen LogP contribution in [0.25, 0.3) is 0 Å². The summed E-state index contributed by atoms with van der Waals surface area (Å²) >= 11 is 0. The van der Waals surface area contributed by atoms with Crippen molar-refractivity contribution in [2.75, 3.05) is 27.2 Å². The van der Waals surface area contributed by atoms with Gasteiger partial charge in [-0.2, -0.15) is 0 Å². The van der Waals surface area contributed by atoms with Gasteiger partial charge in [0.2, 0.25) is 5.91 Å². The van der Waals surface area contributed by atoms with E-state index in [-0.39, 0.29) is 29.5 Å². The Bertz CT molecular complexity index is 434. The number of hydrogen-bond acceptors (Lipinski definition) is 4. The second-order valence-electron chi connectivity index (χ2n) is 6.38. The monoisotopic (exact) mass is 354 g/mol. The first-order chi connectivity index (χ1) is 9.82. The maximum absolute atomic E-state index is 12.9. The van der Waals surface area contributed by atoms with Crippen LogP contribution in [0.5, 0.6) is 0 Å². The van der Waals surface area contributed by atoms with E-state index in [1.54, 1.807) is 11.9 Å². The molecule has 0 radical (unpaired) electrons. The van der Waals surface area contributed by atoms with Crippen molar-refractivity contribution >= 4 is 28.2 Å². The first kappa shape index (κ1) is 21.7. The van der Waals surface area contributed by atoms with E-state index in [4.69, 9.17) is 0 Å². The normalized spacial score (nSPS) is 17.9. The van der Waals surface area contributed by atoms with Gasteiger partial charge in [0.25, 0.3) is 0 Å². The third kappa shape index (κ3) is 5.39. The lowest BCUT2D eigenvalue weighted by Crippen LogP contribution is -2.48. The van der Waals surface area contributed by atoms with E-state index in [0.29, 0.717) is 25.9 Å². The summed E-state index contributed by atoms with van der Waals surface area (Å²) in [4.78, 5) is 14.1. The highest BCUT2D eigenvalue weighted by Crippen LogP contribution is 2.29. The minimum atomic E-state index is -3.40. The zero-order chi connectivity index (χ0) is 16.0. The number of carbonyl (C=O) groups is 1. The smallest absolute Gasteiger partial charge is 0.240 e. The molecule has 0 spiro atoms. The SMILES string of the molecule is CNCCN(C)C(=O)C(C(C)C)S(=O)(=O)C1CCCCC1.Cl. The highest BCUT2D eigenvalue weighted by atomic mass is 35.5. The third-order valence-electron chi connectivity index (χ3n) is 4.29. The predicted molar refractivity (Wildman–Crippen MR) is 93.2 cm³/mol. The van der Waals surface area contributed by atoms with Crippen molar-refractivity contribution in [3.05, 3.63) is 0 Å². The Hall–Kier alpha value is -0.330. The lowest BCUT2D eigenvalue weighted by atomic mass is 10.0. The minimum Gasteiger partial charge on any atom is -0.343 e. The molecule has 132 valence electrons. The van der Waals surface area contributed by atoms with Gasteiger partial charge in [-0.25, -0.2) is 8.42 Å². The summed E-state index contributed by atoms with van der Waals surface area (Å²) in [5.41, 5.74) is 0. The van der Waals surface area contributed by atoms with E-state index in [1.807, 2.05) is 20.9 Å². The summed E-state index contributed by atoms with van der Waals surface area (Å²) in [6, 6.07) is 0. The molecule has 0 aromatic heterocycles. The molecule has 7 heteroatoms. The average molecular weight is 355 g/mol. The second kappa shape index (κ2) is 9.73. The summed E-state index contributed by atoms with van der Waals surface area (Å²) < 4.78 is 25.8. The van der Waals surface area contributed by atoms with E-state index in [9.17, 15) is 13.2 Å². The van der Waals surface area contributed by atoms with Crippen LogP contribution >= 0.6 is 12.4 Å². The zero-order valence-electron chi connectivity index (χ0n) is 14.2. The van der Waals surface area contributed by atoms with Gasteiger partial charge in [-0.05, 0) is 25.8 Å². The third-order valence-corrected chi connectivity index (χ3v) is 7.15. The van der Waals surface area contributed by atoms with Crippen LogP contribution in [-0.2, 0) is 14.6 Å². The first-order valence-electron chi connectivity index (χ1n) is 7.94. The Balaban J connectivity index is 0.00000441. The fraction of sp³-hybridized carbons (Fsp3) is 0.933. The van der Waals surface area contributed by atoms with Gasteiger partial charge in [0.05, 0.1) is 5.25 Å². The fourth-order valence-electron chi connectivity index (χ4n) is 3.01. The molecule has 0 heterocycles. The molecule has 0 aromatic rings. The van der Waals surface area contributed by atoms with E-state index in [2.05, 4.69) is 5.32 Å². The summed E-state index contributed by atoms with van der Waals surface area (Å²) in [6.45, 7) is 4.85. The molecule has 0 saturated heterocycles. The lowest BCUT2D eigenvalue weighted by Gasteiger charge is -2.31. The molecule has 1 fully saturated rings. The first-order valence-corrected chi connectivity index (χ1v) is 9.55. The topological polar surface area (TPSA) is 66.5 Å². The van der Waals surface area contributed by atoms with E-state index in [0.717, 1.165) is 19.3 Å². The van der Waals surface area contributed by atoms with Crippen LogP contribution in [0.1, 0.15) is 46.0 Å². The Morgan fingerprint density at radius 1 is 1.23 bits per heavy atom. The highest BCUT2D eigenvalue weighted by Gasteiger charge is 2.42. The maximum Gasteiger partial charge on any atom is 0.240 e. The average Bonchev–Trinajstić information content (AvgIpc) is 2.45. The quantitative estimate of drug-likeness (QED) is 0.757. The molecule has 1 atom stereocenters. The van der Waals surface area contributed by atoms with Crippen LogP contribution in [0, 0.1) is 5.92 Å². The molecule has 1 amide bonds. The number of hydrogen-bond donors (Lipinski definition) is 1. The predicted octanol–water partition coefficient (Wildman–Crippen LogP) is 1.86. The molecular formula is C15H31ClN2O3S. The van der Waals surface area contributed by atoms with Crippen LogP contribution in [0.3, 0.4) is 0 Å². The zero-order valence-corrected chi connectivity index (χ0v) is 15.8. The number of rotatable bonds is 7. The molecule has 1 unspecified atom stereocenters. The Morgan fingerprint density at radius 2 is 1.77 bits per heavy atom. The lowest BCUT2D eigenvalue weighted by molar-refractivity contribution is -0.130. The molecule has 1 rings (SSSR count). The molecule has 0 aromatic carbocycles. The Kier molecular flexibility index (Phi) is 9.58. The largest absolute Gasteiger partial charge is 0.343 e. The number of halogens is 1. The van der Waals surface area contributed by atoms with Gasteiger partial charge in [-0.1, -0.05) is 33.1 Å². The van der Waals surface area contributed by atoms with Crippen LogP contribution in [0.15, 0.2) is 0 Å². The molecule has 0 bridgehead atoms. The van der Waals surface area contributed by atoms with Gasteiger partial charge >= 0.3 is 0 Å². The molecule has 1 N–H and O–H groups in total. The van der Waals surface area contributed by atoms with Crippen molar-refractivity contribution in [2.45, 2.75) is 56.5 Å². The van der Waals surface area contributed by atoms with E-state index < -0.39 is 15.1 Å². The van der Waals surface area contributed by atoms with Crippen molar-refractivity contribution in [3.63, 3.8) is 0 Å². The van der Waals surface area contributed by atoms with Crippen molar-refractivity contribution in [3.8, 4) is 0 Å². The molecule has 1 aliphatic rings. The van der Waals surface area contributed by atoms with Crippen LogP contribution in [-0.4, -0.2) is 56.9 Å². The van der Waals surface area contributed by atoms with Gasteiger partial charge < -0.3 is 10.2 Å². The van der Waals surface area contributed by atoms with Gasteiger partial charge in [0.15, 0.2) is 9.84 Å². The minimum absolute atomic E-state index is 0. The molecular weight excluding hydrogens is 324 g/mol. The number of amides is 1. The van der Waals surface area contributed by atoms with Gasteiger partial charge in [-0.15, -0.1) is 12.4 Å². The molecule has 0 aliphatic heterocycles. The summed E-state index contributed by atoms with van der Waals surface area (Å²) in [5.74, 6) is -0.452. The van der Waals surface area contributed by atoms with Gasteiger partial charge in [-0.3, -0.25) is 4.79 Å². The molecule has 1 aliphatic carbocycles. The number of likely N-dealkylation sites (N-methyl/N-ethyl adjacent to an activating group) is 2. The molecule has 5 nitrogen and oxygen atoms in total. The van der Waals surface area contributed by atoms with E-state index in [1.165, 1.54) is 0 Å². The number of sulfone groups is 1. The Labute approximate surface area is 141 Å². The second-order valence-corrected chi connectivity index (χ2v) is 8.73. The summed E-state index contributed by atoms with van der Waals surface area (Å²) in [7, 11) is 0.0982. The van der Waals surface area contributed by atoms with Crippen LogP contribution in [0.4, 0.5) is 0 Å². The summed E-state index contributed by atoms with van der Waals surface area (Å²) in [6.07, 6.45) is 4.43. The van der Waals surface area contributed by atoms with Gasteiger partial charge in [0, 0.05) is 20.1 Å². The van der Waals surface area contributed by atoms with Gasteiger partial charge in [0.1, 0.15) is 5.25 Å². The maximum atomic E-state index is 12.9. The summed E-state index contributed by atoms with van der Waals surface area (Å²) in [5, 5.41) is 1.75. The molecule has 1 saturated carbocycles. The number of nitrogens with one attached hydrogen (secondary N) is 1. The highest BCUT2D eigenvalue weighted by molar-refractivity contribution is 7.93. The molecule has 22 heavy (non-hydrogen) atoms. The van der Waals surface area contributed by atoms with Crippen molar-refractivity contribution in [2.24, 2.45) is 5.92 Å². The van der Waals surface area contributed by atoms with Crippen LogP contribution < -0.4 is 5.32 Å². The standard InChI is InChI=1S/C15H30N2O3S.ClH/c1-12(2)14(15(18)17(4)11-10-16-3)21(19,20)13-8-6-5-7-9-13;/h12-14,16H,5-11H2,1-4H3;1H. The van der Waals surface area contributed by atoms with Crippen molar-refractivity contribution in [1.82, 2.24) is 10.2 Å². The van der Waals surface area contributed by atoms with Crippen molar-refractivity contribution < 1.29 is 13.2 Å². The number of nitrogens with zero attached hydrogens (tertiary/aromatic N) is 1. The van der Waals surface area contributed by atoms with Crippen LogP contribution in [0.2, 0.25) is 0 Å².